The predicted octanol–water partition coefficient (Wildman–Crippen LogP) is 2.32. The van der Waals surface area contributed by atoms with Crippen LogP contribution in [0.15, 0.2) is 42.5 Å². The molecule has 0 aliphatic carbocycles. The van der Waals surface area contributed by atoms with E-state index in [-0.39, 0.29) is 30.3 Å². The van der Waals surface area contributed by atoms with Crippen LogP contribution in [0.4, 0.5) is 8.78 Å². The third-order valence-corrected chi connectivity index (χ3v) is 3.02. The van der Waals surface area contributed by atoms with Gasteiger partial charge in [0.2, 0.25) is 5.91 Å². The van der Waals surface area contributed by atoms with Crippen LogP contribution in [-0.4, -0.2) is 11.0 Å². The largest absolute Gasteiger partial charge is 0.392 e. The summed E-state index contributed by atoms with van der Waals surface area (Å²) >= 11 is 0. The fraction of sp³-hybridized carbons (Fsp3) is 0.188. The molecule has 0 aliphatic heterocycles. The number of rotatable bonds is 5. The number of hydrogen-bond acceptors (Lipinski definition) is 2. The summed E-state index contributed by atoms with van der Waals surface area (Å²) < 4.78 is 26.2. The average molecular weight is 291 g/mol. The van der Waals surface area contributed by atoms with Crippen molar-refractivity contribution < 1.29 is 18.7 Å². The van der Waals surface area contributed by atoms with Crippen molar-refractivity contribution in [3.63, 3.8) is 0 Å². The van der Waals surface area contributed by atoms with Crippen LogP contribution in [0, 0.1) is 11.6 Å². The first-order valence-corrected chi connectivity index (χ1v) is 6.48. The fourth-order valence-electron chi connectivity index (χ4n) is 1.95. The van der Waals surface area contributed by atoms with Crippen LogP contribution < -0.4 is 5.32 Å². The maximum absolute atomic E-state index is 13.2. The van der Waals surface area contributed by atoms with Gasteiger partial charge in [0, 0.05) is 12.1 Å². The summed E-state index contributed by atoms with van der Waals surface area (Å²) in [7, 11) is 0. The summed E-state index contributed by atoms with van der Waals surface area (Å²) in [5.74, 6) is -1.12. The molecule has 2 rings (SSSR count). The minimum atomic E-state index is -0.479. The molecule has 0 spiro atoms. The molecule has 21 heavy (non-hydrogen) atoms. The van der Waals surface area contributed by atoms with Crippen LogP contribution in [0.2, 0.25) is 0 Å². The van der Waals surface area contributed by atoms with E-state index in [0.717, 1.165) is 0 Å². The lowest BCUT2D eigenvalue weighted by Gasteiger charge is -2.07. The van der Waals surface area contributed by atoms with Crippen LogP contribution in [0.1, 0.15) is 16.7 Å². The number of benzene rings is 2. The molecule has 3 nitrogen and oxygen atoms in total. The molecule has 0 atom stereocenters. The van der Waals surface area contributed by atoms with Crippen LogP contribution in [0.5, 0.6) is 0 Å². The summed E-state index contributed by atoms with van der Waals surface area (Å²) in [5, 5.41) is 11.7. The summed E-state index contributed by atoms with van der Waals surface area (Å²) in [5.41, 5.74) is 1.46. The van der Waals surface area contributed by atoms with Gasteiger partial charge >= 0.3 is 0 Å². The van der Waals surface area contributed by atoms with Gasteiger partial charge in [-0.25, -0.2) is 8.78 Å². The maximum Gasteiger partial charge on any atom is 0.224 e. The van der Waals surface area contributed by atoms with E-state index in [1.165, 1.54) is 30.3 Å². The second kappa shape index (κ2) is 6.95. The maximum atomic E-state index is 13.2. The Hall–Kier alpha value is -2.27. The lowest BCUT2D eigenvalue weighted by molar-refractivity contribution is -0.120. The number of carbonyl (C=O) groups excluding carboxylic acids is 1. The van der Waals surface area contributed by atoms with Gasteiger partial charge in [-0.05, 0) is 35.4 Å². The number of hydrogen-bond donors (Lipinski definition) is 2. The zero-order chi connectivity index (χ0) is 15.2. The molecule has 0 fully saturated rings. The van der Waals surface area contributed by atoms with E-state index >= 15 is 0 Å². The Morgan fingerprint density at radius 3 is 2.62 bits per heavy atom. The molecule has 5 heteroatoms. The van der Waals surface area contributed by atoms with Crippen molar-refractivity contribution in [1.82, 2.24) is 5.32 Å². The fourth-order valence-corrected chi connectivity index (χ4v) is 1.95. The Balaban J connectivity index is 1.92. The summed E-state index contributed by atoms with van der Waals surface area (Å²) in [4.78, 5) is 11.8. The first-order chi connectivity index (χ1) is 10.1. The van der Waals surface area contributed by atoms with Gasteiger partial charge in [-0.3, -0.25) is 4.79 Å². The Bertz CT molecular complexity index is 644. The summed E-state index contributed by atoms with van der Waals surface area (Å²) in [6.07, 6.45) is 0.0752. The van der Waals surface area contributed by atoms with Gasteiger partial charge in [-0.1, -0.05) is 18.2 Å². The third kappa shape index (κ3) is 4.36. The second-order valence-electron chi connectivity index (χ2n) is 4.67. The molecule has 2 aromatic rings. The molecule has 0 unspecified atom stereocenters. The minimum absolute atomic E-state index is 0.0752. The highest BCUT2D eigenvalue weighted by molar-refractivity contribution is 5.78. The van der Waals surface area contributed by atoms with Crippen LogP contribution >= 0.6 is 0 Å². The highest BCUT2D eigenvalue weighted by Gasteiger charge is 2.06. The monoisotopic (exact) mass is 291 g/mol. The van der Waals surface area contributed by atoms with Crippen molar-refractivity contribution in [2.75, 3.05) is 0 Å². The van der Waals surface area contributed by atoms with E-state index in [0.29, 0.717) is 11.1 Å². The van der Waals surface area contributed by atoms with E-state index < -0.39 is 12.4 Å². The van der Waals surface area contributed by atoms with Gasteiger partial charge < -0.3 is 10.4 Å². The van der Waals surface area contributed by atoms with Crippen LogP contribution in [0.3, 0.4) is 0 Å². The van der Waals surface area contributed by atoms with Gasteiger partial charge in [0.05, 0.1) is 13.0 Å². The lowest BCUT2D eigenvalue weighted by atomic mass is 10.1. The van der Waals surface area contributed by atoms with E-state index in [1.807, 2.05) is 0 Å². The zero-order valence-corrected chi connectivity index (χ0v) is 11.3. The second-order valence-corrected chi connectivity index (χ2v) is 4.67. The summed E-state index contributed by atoms with van der Waals surface area (Å²) in [6, 6.07) is 10.1. The molecular weight excluding hydrogens is 276 g/mol. The average Bonchev–Trinajstić information content (AvgIpc) is 2.46. The first kappa shape index (κ1) is 15.1. The third-order valence-electron chi connectivity index (χ3n) is 3.02. The van der Waals surface area contributed by atoms with Crippen LogP contribution in [-0.2, 0) is 24.4 Å². The van der Waals surface area contributed by atoms with E-state index in [2.05, 4.69) is 5.32 Å². The Labute approximate surface area is 121 Å². The highest BCUT2D eigenvalue weighted by Crippen LogP contribution is 2.10. The molecule has 2 aromatic carbocycles. The van der Waals surface area contributed by atoms with Gasteiger partial charge in [0.1, 0.15) is 11.6 Å². The van der Waals surface area contributed by atoms with E-state index in [9.17, 15) is 13.6 Å². The number of amides is 1. The molecule has 0 bridgehead atoms. The molecular formula is C16H15F2NO2. The standard InChI is InChI=1S/C16H15F2NO2/c17-14-3-1-2-11(7-14)8-16(21)19-9-12-4-5-15(18)13(6-12)10-20/h1-7,20H,8-10H2,(H,19,21). The van der Waals surface area contributed by atoms with Gasteiger partial charge in [-0.15, -0.1) is 0 Å². The predicted molar refractivity (Wildman–Crippen MR) is 74.3 cm³/mol. The SMILES string of the molecule is O=C(Cc1cccc(F)c1)NCc1ccc(F)c(CO)c1. The minimum Gasteiger partial charge on any atom is -0.392 e. The molecule has 0 heterocycles. The molecule has 110 valence electrons. The summed E-state index contributed by atoms with van der Waals surface area (Å²) in [6.45, 7) is -0.168. The molecule has 0 radical (unpaired) electrons. The van der Waals surface area contributed by atoms with Crippen molar-refractivity contribution in [1.29, 1.82) is 0 Å². The van der Waals surface area contributed by atoms with E-state index in [1.54, 1.807) is 12.1 Å². The van der Waals surface area contributed by atoms with Gasteiger partial charge in [-0.2, -0.15) is 0 Å². The van der Waals surface area contributed by atoms with Gasteiger partial charge in [0.25, 0.3) is 0 Å². The van der Waals surface area contributed by atoms with Crippen molar-refractivity contribution in [3.8, 4) is 0 Å². The quantitative estimate of drug-likeness (QED) is 0.888. The topological polar surface area (TPSA) is 49.3 Å². The number of carbonyl (C=O) groups is 1. The molecule has 0 aromatic heterocycles. The molecule has 0 aliphatic rings. The number of nitrogens with one attached hydrogen (secondary N) is 1. The molecule has 2 N–H and O–H groups in total. The van der Waals surface area contributed by atoms with Gasteiger partial charge in [0.15, 0.2) is 0 Å². The highest BCUT2D eigenvalue weighted by atomic mass is 19.1. The number of aliphatic hydroxyl groups is 1. The van der Waals surface area contributed by atoms with Crippen molar-refractivity contribution in [2.45, 2.75) is 19.6 Å². The van der Waals surface area contributed by atoms with Crippen molar-refractivity contribution in [3.05, 3.63) is 70.8 Å². The number of halogens is 2. The Morgan fingerprint density at radius 1 is 1.10 bits per heavy atom. The smallest absolute Gasteiger partial charge is 0.224 e. The first-order valence-electron chi connectivity index (χ1n) is 6.48. The van der Waals surface area contributed by atoms with Crippen molar-refractivity contribution in [2.24, 2.45) is 0 Å². The Kier molecular flexibility index (Phi) is 5.00. The molecule has 0 saturated heterocycles. The Morgan fingerprint density at radius 2 is 1.90 bits per heavy atom. The zero-order valence-electron chi connectivity index (χ0n) is 11.3. The molecule has 0 saturated carbocycles. The molecule has 1 amide bonds. The van der Waals surface area contributed by atoms with E-state index in [4.69, 9.17) is 5.11 Å². The number of aliphatic hydroxyl groups excluding tert-OH is 1. The van der Waals surface area contributed by atoms with Crippen molar-refractivity contribution >= 4 is 5.91 Å². The normalized spacial score (nSPS) is 10.4. The van der Waals surface area contributed by atoms with Crippen LogP contribution in [0.25, 0.3) is 0 Å². The lowest BCUT2D eigenvalue weighted by Crippen LogP contribution is -2.24.